The van der Waals surface area contributed by atoms with Crippen LogP contribution in [0.2, 0.25) is 0 Å². The Morgan fingerprint density at radius 3 is 2.90 bits per heavy atom. The predicted molar refractivity (Wildman–Crippen MR) is 80.4 cm³/mol. The zero-order valence-corrected chi connectivity index (χ0v) is 12.3. The number of amides is 1. The zero-order chi connectivity index (χ0) is 15.0. The number of hydrogen-bond acceptors (Lipinski definition) is 3. The van der Waals surface area contributed by atoms with Gasteiger partial charge in [-0.3, -0.25) is 9.78 Å². The summed E-state index contributed by atoms with van der Waals surface area (Å²) in [5.74, 6) is 1.37. The maximum Gasteiger partial charge on any atom is 0.267 e. The average Bonchev–Trinajstić information content (AvgIpc) is 2.66. The second-order valence-corrected chi connectivity index (χ2v) is 4.36. The van der Waals surface area contributed by atoms with Gasteiger partial charge in [-0.2, -0.15) is 0 Å². The molecule has 1 aliphatic carbocycles. The van der Waals surface area contributed by atoms with Crippen molar-refractivity contribution in [1.82, 2.24) is 4.98 Å². The third kappa shape index (κ3) is 4.88. The van der Waals surface area contributed by atoms with E-state index < -0.39 is 5.91 Å². The molecule has 2 N–H and O–H groups in total. The molecule has 1 aromatic heterocycles. The second kappa shape index (κ2) is 8.15. The molecule has 1 aromatic rings. The number of aromatic nitrogens is 1. The number of allylic oxidation sites excluding steroid dienone is 3. The molecular formula is C16H22N2O2. The number of pyridine rings is 1. The largest absolute Gasteiger partial charge is 0.458 e. The third-order valence-corrected chi connectivity index (χ3v) is 2.78. The van der Waals surface area contributed by atoms with Crippen molar-refractivity contribution in [3.8, 4) is 5.75 Å². The molecule has 1 amide bonds. The van der Waals surface area contributed by atoms with Gasteiger partial charge in [0, 0.05) is 12.3 Å². The summed E-state index contributed by atoms with van der Waals surface area (Å²) < 4.78 is 5.70. The van der Waals surface area contributed by atoms with Gasteiger partial charge in [-0.15, -0.1) is 0 Å². The van der Waals surface area contributed by atoms with Crippen molar-refractivity contribution in [1.29, 1.82) is 0 Å². The van der Waals surface area contributed by atoms with Crippen LogP contribution in [0.15, 0.2) is 42.3 Å². The fourth-order valence-electron chi connectivity index (χ4n) is 1.73. The van der Waals surface area contributed by atoms with Gasteiger partial charge in [-0.25, -0.2) is 0 Å². The molecule has 1 aliphatic rings. The average molecular weight is 274 g/mol. The van der Waals surface area contributed by atoms with Crippen molar-refractivity contribution >= 4 is 5.91 Å². The van der Waals surface area contributed by atoms with Gasteiger partial charge >= 0.3 is 0 Å². The molecule has 1 heterocycles. The van der Waals surface area contributed by atoms with Crippen molar-refractivity contribution in [3.63, 3.8) is 0 Å². The normalized spacial score (nSPS) is 17.4. The van der Waals surface area contributed by atoms with E-state index >= 15 is 0 Å². The number of nitrogens with zero attached hydrogens (tertiary/aromatic N) is 1. The van der Waals surface area contributed by atoms with Gasteiger partial charge in [0.25, 0.3) is 5.91 Å². The third-order valence-electron chi connectivity index (χ3n) is 2.78. The van der Waals surface area contributed by atoms with Gasteiger partial charge in [0.2, 0.25) is 0 Å². The van der Waals surface area contributed by atoms with Crippen molar-refractivity contribution in [2.24, 2.45) is 11.7 Å². The van der Waals surface area contributed by atoms with E-state index in [-0.39, 0.29) is 5.69 Å². The predicted octanol–water partition coefficient (Wildman–Crippen LogP) is 3.46. The maximum atomic E-state index is 11.0. The lowest BCUT2D eigenvalue weighted by Crippen LogP contribution is -2.12. The topological polar surface area (TPSA) is 65.2 Å². The Balaban J connectivity index is 0.000000956. The highest BCUT2D eigenvalue weighted by Gasteiger charge is 2.07. The van der Waals surface area contributed by atoms with Crippen LogP contribution in [0.3, 0.4) is 0 Å². The van der Waals surface area contributed by atoms with Crippen LogP contribution < -0.4 is 10.5 Å². The van der Waals surface area contributed by atoms with Gasteiger partial charge in [-0.05, 0) is 37.0 Å². The van der Waals surface area contributed by atoms with E-state index in [2.05, 4.69) is 18.0 Å². The molecule has 0 radical (unpaired) electrons. The van der Waals surface area contributed by atoms with Crippen LogP contribution in [0.1, 0.15) is 44.1 Å². The number of carbonyl (C=O) groups excluding carboxylic acids is 1. The maximum absolute atomic E-state index is 11.0. The molecule has 108 valence electrons. The highest BCUT2D eigenvalue weighted by atomic mass is 16.5. The summed E-state index contributed by atoms with van der Waals surface area (Å²) in [4.78, 5) is 14.9. The summed E-state index contributed by atoms with van der Waals surface area (Å²) in [6.45, 7) is 6.17. The minimum absolute atomic E-state index is 0.207. The molecule has 0 bridgehead atoms. The molecule has 0 aliphatic heterocycles. The zero-order valence-electron chi connectivity index (χ0n) is 12.3. The Morgan fingerprint density at radius 1 is 1.45 bits per heavy atom. The Labute approximate surface area is 120 Å². The van der Waals surface area contributed by atoms with Crippen LogP contribution in [-0.2, 0) is 0 Å². The van der Waals surface area contributed by atoms with Gasteiger partial charge in [0.1, 0.15) is 17.2 Å². The number of primary amides is 1. The van der Waals surface area contributed by atoms with Crippen LogP contribution in [0.5, 0.6) is 5.75 Å². The number of nitrogens with two attached hydrogens (primary N) is 1. The quantitative estimate of drug-likeness (QED) is 0.918. The number of hydrogen-bond donors (Lipinski definition) is 1. The lowest BCUT2D eigenvalue weighted by molar-refractivity contribution is 0.0995. The van der Waals surface area contributed by atoms with E-state index in [1.807, 2.05) is 26.0 Å². The molecule has 1 unspecified atom stereocenters. The van der Waals surface area contributed by atoms with Gasteiger partial charge in [0.15, 0.2) is 0 Å². The van der Waals surface area contributed by atoms with E-state index in [0.29, 0.717) is 11.7 Å². The molecule has 1 atom stereocenters. The molecule has 20 heavy (non-hydrogen) atoms. The monoisotopic (exact) mass is 274 g/mol. The standard InChI is InChI=1S/C14H16N2O2.C2H6/c1-10-3-2-4-11(6-5-10)18-12-7-8-16-13(9-12)14(15)17;1-2/h4-10H,2-3H2,1H3,(H2,15,17);1-2H3. The molecule has 0 saturated heterocycles. The summed E-state index contributed by atoms with van der Waals surface area (Å²) in [7, 11) is 0. The molecule has 4 heteroatoms. The SMILES string of the molecule is CC.CC1C=CC(Oc2ccnc(C(N)=O)c2)=CCC1. The minimum atomic E-state index is -0.556. The van der Waals surface area contributed by atoms with E-state index in [9.17, 15) is 4.79 Å². The molecule has 0 saturated carbocycles. The van der Waals surface area contributed by atoms with Crippen molar-refractivity contribution in [3.05, 3.63) is 48.0 Å². The Morgan fingerprint density at radius 2 is 2.20 bits per heavy atom. The Hall–Kier alpha value is -2.10. The summed E-state index contributed by atoms with van der Waals surface area (Å²) in [6, 6.07) is 3.25. The molecule has 0 aromatic carbocycles. The first kappa shape index (κ1) is 16.0. The number of carbonyl (C=O) groups is 1. The smallest absolute Gasteiger partial charge is 0.267 e. The highest BCUT2D eigenvalue weighted by Crippen LogP contribution is 2.20. The summed E-state index contributed by atoms with van der Waals surface area (Å²) in [5.41, 5.74) is 5.38. The molecule has 0 fully saturated rings. The summed E-state index contributed by atoms with van der Waals surface area (Å²) in [5, 5.41) is 0. The fraction of sp³-hybridized carbons (Fsp3) is 0.375. The molecule has 2 rings (SSSR count). The molecule has 0 spiro atoms. The van der Waals surface area contributed by atoms with Crippen LogP contribution in [0, 0.1) is 5.92 Å². The van der Waals surface area contributed by atoms with Crippen LogP contribution in [-0.4, -0.2) is 10.9 Å². The summed E-state index contributed by atoms with van der Waals surface area (Å²) >= 11 is 0. The first-order chi connectivity index (χ1) is 9.65. The van der Waals surface area contributed by atoms with Crippen LogP contribution in [0.4, 0.5) is 0 Å². The minimum Gasteiger partial charge on any atom is -0.458 e. The van der Waals surface area contributed by atoms with Crippen molar-refractivity contribution in [2.45, 2.75) is 33.6 Å². The first-order valence-corrected chi connectivity index (χ1v) is 6.97. The Kier molecular flexibility index (Phi) is 6.50. The van der Waals surface area contributed by atoms with E-state index in [1.54, 1.807) is 12.1 Å². The first-order valence-electron chi connectivity index (χ1n) is 6.97. The Bertz CT molecular complexity index is 507. The lowest BCUT2D eigenvalue weighted by Gasteiger charge is -2.06. The fourth-order valence-corrected chi connectivity index (χ4v) is 1.73. The highest BCUT2D eigenvalue weighted by molar-refractivity contribution is 5.91. The van der Waals surface area contributed by atoms with E-state index in [1.165, 1.54) is 6.20 Å². The van der Waals surface area contributed by atoms with E-state index in [0.717, 1.165) is 18.6 Å². The van der Waals surface area contributed by atoms with E-state index in [4.69, 9.17) is 10.5 Å². The van der Waals surface area contributed by atoms with Crippen molar-refractivity contribution in [2.75, 3.05) is 0 Å². The van der Waals surface area contributed by atoms with Crippen LogP contribution >= 0.6 is 0 Å². The number of ether oxygens (including phenoxy) is 1. The van der Waals surface area contributed by atoms with Gasteiger partial charge in [-0.1, -0.05) is 26.8 Å². The molecule has 4 nitrogen and oxygen atoms in total. The number of rotatable bonds is 3. The second-order valence-electron chi connectivity index (χ2n) is 4.36. The lowest BCUT2D eigenvalue weighted by atomic mass is 10.1. The van der Waals surface area contributed by atoms with Gasteiger partial charge < -0.3 is 10.5 Å². The van der Waals surface area contributed by atoms with Crippen LogP contribution in [0.25, 0.3) is 0 Å². The molecular weight excluding hydrogens is 252 g/mol. The van der Waals surface area contributed by atoms with Gasteiger partial charge in [0.05, 0.1) is 0 Å². The van der Waals surface area contributed by atoms with Crippen molar-refractivity contribution < 1.29 is 9.53 Å². The summed E-state index contributed by atoms with van der Waals surface area (Å²) in [6.07, 6.45) is 9.74.